The predicted molar refractivity (Wildman–Crippen MR) is 110 cm³/mol. The number of piperidine rings is 1. The smallest absolute Gasteiger partial charge is 0.408 e. The Bertz CT molecular complexity index is 701. The molecule has 0 unspecified atom stereocenters. The summed E-state index contributed by atoms with van der Waals surface area (Å²) in [7, 11) is 0. The van der Waals surface area contributed by atoms with Crippen LogP contribution in [-0.2, 0) is 14.4 Å². The van der Waals surface area contributed by atoms with Crippen molar-refractivity contribution in [3.8, 4) is 0 Å². The Kier molecular flexibility index (Phi) is 7.43. The van der Waals surface area contributed by atoms with Crippen LogP contribution < -0.4 is 10.2 Å². The summed E-state index contributed by atoms with van der Waals surface area (Å²) in [5.41, 5.74) is 2.02. The van der Waals surface area contributed by atoms with Crippen LogP contribution in [0, 0.1) is 0 Å². The number of oxime groups is 1. The van der Waals surface area contributed by atoms with Crippen LogP contribution in [0.15, 0.2) is 29.4 Å². The molecule has 0 spiro atoms. The van der Waals surface area contributed by atoms with E-state index >= 15 is 0 Å². The van der Waals surface area contributed by atoms with Gasteiger partial charge in [-0.15, -0.1) is 0 Å². The molecule has 1 aliphatic heterocycles. The Labute approximate surface area is 167 Å². The van der Waals surface area contributed by atoms with Gasteiger partial charge in [-0.2, -0.15) is 0 Å². The second kappa shape index (κ2) is 9.57. The standard InChI is InChI=1S/C21H31N3O4/c1-15(17-9-11-18(12-10-17)24-13-7-6-8-14-24)23-28-19(25)16(2)22-20(26)27-21(3,4)5/h9-12,16H,6-8,13-14H2,1-5H3,(H,22,26)/b23-15+/t16-/m0/s1. The largest absolute Gasteiger partial charge is 0.444 e. The SMILES string of the molecule is C/C(=N\OC(=O)[C@H](C)NC(=O)OC(C)(C)C)c1ccc(N2CCCCC2)cc1. The van der Waals surface area contributed by atoms with E-state index in [1.807, 2.05) is 12.1 Å². The average molecular weight is 389 g/mol. The lowest BCUT2D eigenvalue weighted by Gasteiger charge is -2.28. The van der Waals surface area contributed by atoms with Crippen molar-refractivity contribution in [2.24, 2.45) is 5.16 Å². The molecule has 1 atom stereocenters. The quantitative estimate of drug-likeness (QED) is 0.470. The summed E-state index contributed by atoms with van der Waals surface area (Å²) >= 11 is 0. The Morgan fingerprint density at radius 2 is 1.71 bits per heavy atom. The highest BCUT2D eigenvalue weighted by molar-refractivity contribution is 5.99. The van der Waals surface area contributed by atoms with Crippen molar-refractivity contribution in [2.45, 2.75) is 65.5 Å². The van der Waals surface area contributed by atoms with Crippen LogP contribution in [0.25, 0.3) is 0 Å². The highest BCUT2D eigenvalue weighted by atomic mass is 16.7. The van der Waals surface area contributed by atoms with Gasteiger partial charge in [0.15, 0.2) is 0 Å². The van der Waals surface area contributed by atoms with E-state index in [9.17, 15) is 9.59 Å². The number of rotatable bonds is 5. The Balaban J connectivity index is 1.88. The number of alkyl carbamates (subject to hydrolysis) is 1. The summed E-state index contributed by atoms with van der Waals surface area (Å²) in [6.07, 6.45) is 3.08. The fraction of sp³-hybridized carbons (Fsp3) is 0.571. The molecule has 0 aliphatic carbocycles. The van der Waals surface area contributed by atoms with E-state index in [4.69, 9.17) is 9.57 Å². The molecule has 0 saturated carbocycles. The number of nitrogens with one attached hydrogen (secondary N) is 1. The van der Waals surface area contributed by atoms with Crippen molar-refractivity contribution < 1.29 is 19.2 Å². The molecule has 0 bridgehead atoms. The van der Waals surface area contributed by atoms with Crippen molar-refractivity contribution in [3.05, 3.63) is 29.8 Å². The molecule has 1 N–H and O–H groups in total. The number of carbonyl (C=O) groups is 2. The molecule has 7 nitrogen and oxygen atoms in total. The van der Waals surface area contributed by atoms with Gasteiger partial charge in [0.25, 0.3) is 0 Å². The number of carbonyl (C=O) groups excluding carboxylic acids is 2. The van der Waals surface area contributed by atoms with E-state index in [1.54, 1.807) is 27.7 Å². The van der Waals surface area contributed by atoms with Crippen LogP contribution in [0.4, 0.5) is 10.5 Å². The summed E-state index contributed by atoms with van der Waals surface area (Å²) in [6, 6.07) is 7.20. The van der Waals surface area contributed by atoms with Gasteiger partial charge in [-0.25, -0.2) is 9.59 Å². The zero-order valence-corrected chi connectivity index (χ0v) is 17.4. The van der Waals surface area contributed by atoms with Crippen LogP contribution in [0.2, 0.25) is 0 Å². The third kappa shape index (κ3) is 6.87. The number of benzene rings is 1. The minimum absolute atomic E-state index is 0.586. The van der Waals surface area contributed by atoms with E-state index in [1.165, 1.54) is 31.9 Å². The molecule has 0 radical (unpaired) electrons. The van der Waals surface area contributed by atoms with Crippen molar-refractivity contribution in [1.29, 1.82) is 0 Å². The summed E-state index contributed by atoms with van der Waals surface area (Å²) in [4.78, 5) is 31.1. The number of anilines is 1. The topological polar surface area (TPSA) is 80.2 Å². The third-order valence-corrected chi connectivity index (χ3v) is 4.37. The molecule has 0 aromatic heterocycles. The third-order valence-electron chi connectivity index (χ3n) is 4.37. The molecule has 1 amide bonds. The highest BCUT2D eigenvalue weighted by Crippen LogP contribution is 2.20. The first-order valence-corrected chi connectivity index (χ1v) is 9.76. The Morgan fingerprint density at radius 1 is 1.11 bits per heavy atom. The molecule has 154 valence electrons. The molecule has 7 heteroatoms. The van der Waals surface area contributed by atoms with Crippen molar-refractivity contribution in [2.75, 3.05) is 18.0 Å². The summed E-state index contributed by atoms with van der Waals surface area (Å²) in [5, 5.41) is 6.33. The number of hydrogen-bond acceptors (Lipinski definition) is 6. The van der Waals surface area contributed by atoms with Crippen molar-refractivity contribution >= 4 is 23.5 Å². The van der Waals surface area contributed by atoms with Gasteiger partial charge in [0.2, 0.25) is 0 Å². The number of amides is 1. The summed E-state index contributed by atoms with van der Waals surface area (Å²) in [6.45, 7) is 10.7. The second-order valence-electron chi connectivity index (χ2n) is 8.05. The van der Waals surface area contributed by atoms with E-state index < -0.39 is 23.7 Å². The maximum atomic E-state index is 12.0. The van der Waals surface area contributed by atoms with Gasteiger partial charge in [-0.3, -0.25) is 0 Å². The first kappa shape index (κ1) is 21.7. The van der Waals surface area contributed by atoms with E-state index in [0.717, 1.165) is 18.7 Å². The van der Waals surface area contributed by atoms with Crippen LogP contribution in [-0.4, -0.2) is 42.5 Å². The van der Waals surface area contributed by atoms with Crippen LogP contribution >= 0.6 is 0 Å². The van der Waals surface area contributed by atoms with Crippen LogP contribution in [0.5, 0.6) is 0 Å². The van der Waals surface area contributed by atoms with Gasteiger partial charge >= 0.3 is 12.1 Å². The van der Waals surface area contributed by atoms with E-state index in [2.05, 4.69) is 27.5 Å². The maximum absolute atomic E-state index is 12.0. The van der Waals surface area contributed by atoms with Gasteiger partial charge < -0.3 is 19.8 Å². The van der Waals surface area contributed by atoms with Gasteiger partial charge in [0.1, 0.15) is 11.6 Å². The second-order valence-corrected chi connectivity index (χ2v) is 8.05. The zero-order chi connectivity index (χ0) is 20.7. The molecular weight excluding hydrogens is 358 g/mol. The summed E-state index contributed by atoms with van der Waals surface area (Å²) in [5.74, 6) is -0.657. The monoisotopic (exact) mass is 389 g/mol. The number of nitrogens with zero attached hydrogens (tertiary/aromatic N) is 2. The minimum atomic E-state index is -0.868. The molecule has 28 heavy (non-hydrogen) atoms. The normalized spacial score (nSPS) is 16.3. The molecule has 1 aromatic carbocycles. The van der Waals surface area contributed by atoms with Gasteiger partial charge in [0, 0.05) is 18.8 Å². The zero-order valence-electron chi connectivity index (χ0n) is 17.4. The van der Waals surface area contributed by atoms with Gasteiger partial charge in [0.05, 0.1) is 5.71 Å². The van der Waals surface area contributed by atoms with E-state index in [-0.39, 0.29) is 0 Å². The number of ether oxygens (including phenoxy) is 1. The first-order chi connectivity index (χ1) is 13.2. The average Bonchev–Trinajstić information content (AvgIpc) is 2.65. The van der Waals surface area contributed by atoms with E-state index in [0.29, 0.717) is 5.71 Å². The lowest BCUT2D eigenvalue weighted by atomic mass is 10.1. The van der Waals surface area contributed by atoms with Gasteiger partial charge in [-0.1, -0.05) is 17.3 Å². The molecule has 1 saturated heterocycles. The van der Waals surface area contributed by atoms with Crippen LogP contribution in [0.3, 0.4) is 0 Å². The van der Waals surface area contributed by atoms with Crippen molar-refractivity contribution in [3.63, 3.8) is 0 Å². The Morgan fingerprint density at radius 3 is 2.29 bits per heavy atom. The molecule has 2 rings (SSSR count). The fourth-order valence-electron chi connectivity index (χ4n) is 2.85. The minimum Gasteiger partial charge on any atom is -0.444 e. The van der Waals surface area contributed by atoms with Gasteiger partial charge in [-0.05, 0) is 71.6 Å². The van der Waals surface area contributed by atoms with Crippen molar-refractivity contribution in [1.82, 2.24) is 5.32 Å². The maximum Gasteiger partial charge on any atom is 0.408 e. The lowest BCUT2D eigenvalue weighted by molar-refractivity contribution is -0.145. The lowest BCUT2D eigenvalue weighted by Crippen LogP contribution is -2.42. The predicted octanol–water partition coefficient (Wildman–Crippen LogP) is 3.86. The molecule has 1 heterocycles. The highest BCUT2D eigenvalue weighted by Gasteiger charge is 2.22. The fourth-order valence-corrected chi connectivity index (χ4v) is 2.85. The molecule has 1 fully saturated rings. The first-order valence-electron chi connectivity index (χ1n) is 9.76. The molecular formula is C21H31N3O4. The molecule has 1 aliphatic rings. The number of hydrogen-bond donors (Lipinski definition) is 1. The molecule has 1 aromatic rings. The van der Waals surface area contributed by atoms with Crippen LogP contribution in [0.1, 0.15) is 59.4 Å². The summed E-state index contributed by atoms with van der Waals surface area (Å²) < 4.78 is 5.12. The Hall–Kier alpha value is -2.57.